The van der Waals surface area contributed by atoms with E-state index in [1.807, 2.05) is 47.5 Å². The summed E-state index contributed by atoms with van der Waals surface area (Å²) < 4.78 is 0. The summed E-state index contributed by atoms with van der Waals surface area (Å²) in [4.78, 5) is 18.4. The number of carbonyl (C=O) groups is 1. The molecule has 1 aliphatic heterocycles. The molecular formula is C23H26N4OS. The van der Waals surface area contributed by atoms with Crippen LogP contribution in [-0.2, 0) is 4.79 Å². The van der Waals surface area contributed by atoms with Crippen molar-refractivity contribution in [3.8, 4) is 10.6 Å². The summed E-state index contributed by atoms with van der Waals surface area (Å²) in [5.74, 6) is 1.18. The predicted molar refractivity (Wildman–Crippen MR) is 119 cm³/mol. The van der Waals surface area contributed by atoms with E-state index in [-0.39, 0.29) is 11.8 Å². The van der Waals surface area contributed by atoms with Crippen molar-refractivity contribution in [1.82, 2.24) is 10.2 Å². The first-order valence-electron chi connectivity index (χ1n) is 10.2. The van der Waals surface area contributed by atoms with Gasteiger partial charge < -0.3 is 9.80 Å². The average molecular weight is 407 g/mol. The maximum Gasteiger partial charge on any atom is 0.230 e. The highest BCUT2D eigenvalue weighted by Crippen LogP contribution is 2.27. The minimum absolute atomic E-state index is 0.0602. The second kappa shape index (κ2) is 8.74. The maximum absolute atomic E-state index is 13.1. The molecule has 0 bridgehead atoms. The molecule has 4 rings (SSSR count). The molecule has 6 heteroatoms. The van der Waals surface area contributed by atoms with Crippen LogP contribution in [0.1, 0.15) is 25.3 Å². The van der Waals surface area contributed by atoms with Crippen molar-refractivity contribution in [3.63, 3.8) is 0 Å². The van der Waals surface area contributed by atoms with Gasteiger partial charge in [-0.25, -0.2) is 0 Å². The Morgan fingerprint density at radius 2 is 1.97 bits per heavy atom. The summed E-state index contributed by atoms with van der Waals surface area (Å²) >= 11 is 1.67. The van der Waals surface area contributed by atoms with Gasteiger partial charge in [0.15, 0.2) is 5.82 Å². The Hall–Kier alpha value is -2.73. The summed E-state index contributed by atoms with van der Waals surface area (Å²) in [7, 11) is 0. The Kier molecular flexibility index (Phi) is 5.90. The molecule has 0 aliphatic carbocycles. The lowest BCUT2D eigenvalue weighted by molar-refractivity contribution is -0.122. The van der Waals surface area contributed by atoms with Gasteiger partial charge in [0, 0.05) is 31.2 Å². The van der Waals surface area contributed by atoms with Crippen LogP contribution in [0.2, 0.25) is 0 Å². The van der Waals surface area contributed by atoms with E-state index in [0.717, 1.165) is 48.0 Å². The molecule has 0 radical (unpaired) electrons. The molecular weight excluding hydrogens is 380 g/mol. The third-order valence-corrected chi connectivity index (χ3v) is 6.38. The van der Waals surface area contributed by atoms with Crippen molar-refractivity contribution in [2.24, 2.45) is 5.92 Å². The van der Waals surface area contributed by atoms with Gasteiger partial charge in [0.1, 0.15) is 5.69 Å². The minimum atomic E-state index is 0.0602. The molecule has 3 heterocycles. The van der Waals surface area contributed by atoms with Crippen LogP contribution in [0.3, 0.4) is 0 Å². The molecule has 1 saturated heterocycles. The number of piperidine rings is 1. The minimum Gasteiger partial charge on any atom is -0.355 e. The molecule has 1 fully saturated rings. The zero-order chi connectivity index (χ0) is 20.2. The summed E-state index contributed by atoms with van der Waals surface area (Å²) in [6, 6.07) is 16.3. The van der Waals surface area contributed by atoms with Gasteiger partial charge in [-0.15, -0.1) is 21.5 Å². The Bertz CT molecular complexity index is 947. The molecule has 3 aromatic rings. The average Bonchev–Trinajstić information content (AvgIpc) is 3.29. The maximum atomic E-state index is 13.1. The van der Waals surface area contributed by atoms with E-state index >= 15 is 0 Å². The van der Waals surface area contributed by atoms with E-state index in [1.165, 1.54) is 5.56 Å². The number of amides is 1. The summed E-state index contributed by atoms with van der Waals surface area (Å²) in [6.07, 6.45) is 1.69. The second-order valence-corrected chi connectivity index (χ2v) is 8.38. The van der Waals surface area contributed by atoms with E-state index in [4.69, 9.17) is 0 Å². The Morgan fingerprint density at radius 3 is 2.59 bits per heavy atom. The van der Waals surface area contributed by atoms with Gasteiger partial charge in [-0.2, -0.15) is 0 Å². The fourth-order valence-corrected chi connectivity index (χ4v) is 4.58. The smallest absolute Gasteiger partial charge is 0.230 e. The lowest BCUT2D eigenvalue weighted by atomic mass is 9.95. The lowest BCUT2D eigenvalue weighted by Gasteiger charge is -2.34. The molecule has 2 aromatic heterocycles. The molecule has 5 nitrogen and oxygen atoms in total. The Labute approximate surface area is 176 Å². The van der Waals surface area contributed by atoms with Gasteiger partial charge in [-0.3, -0.25) is 4.79 Å². The Morgan fingerprint density at radius 1 is 1.14 bits per heavy atom. The number of thiophene rings is 1. The first-order valence-corrected chi connectivity index (χ1v) is 11.0. The number of nitrogens with zero attached hydrogens (tertiary/aromatic N) is 4. The molecule has 0 spiro atoms. The molecule has 0 atom stereocenters. The van der Waals surface area contributed by atoms with E-state index < -0.39 is 0 Å². The second-order valence-electron chi connectivity index (χ2n) is 7.44. The van der Waals surface area contributed by atoms with Crippen LogP contribution in [0.5, 0.6) is 0 Å². The zero-order valence-electron chi connectivity index (χ0n) is 16.9. The lowest BCUT2D eigenvalue weighted by Crippen LogP contribution is -2.43. The summed E-state index contributed by atoms with van der Waals surface area (Å²) in [5, 5.41) is 10.9. The molecule has 0 N–H and O–H groups in total. The van der Waals surface area contributed by atoms with Gasteiger partial charge in [0.2, 0.25) is 5.91 Å². The van der Waals surface area contributed by atoms with Crippen LogP contribution < -0.4 is 9.80 Å². The number of hydrogen-bond donors (Lipinski definition) is 0. The monoisotopic (exact) mass is 406 g/mol. The van der Waals surface area contributed by atoms with Crippen molar-refractivity contribution in [2.45, 2.75) is 26.7 Å². The zero-order valence-corrected chi connectivity index (χ0v) is 17.7. The van der Waals surface area contributed by atoms with Gasteiger partial charge in [-0.1, -0.05) is 18.2 Å². The van der Waals surface area contributed by atoms with Crippen molar-refractivity contribution in [1.29, 1.82) is 0 Å². The van der Waals surface area contributed by atoms with E-state index in [1.54, 1.807) is 11.3 Å². The van der Waals surface area contributed by atoms with E-state index in [0.29, 0.717) is 6.54 Å². The number of carbonyl (C=O) groups excluding carboxylic acids is 1. The summed E-state index contributed by atoms with van der Waals surface area (Å²) in [6.45, 7) is 6.45. The summed E-state index contributed by atoms with van der Waals surface area (Å²) in [5.41, 5.74) is 3.08. The molecule has 0 saturated carbocycles. The molecule has 1 aromatic carbocycles. The van der Waals surface area contributed by atoms with Crippen molar-refractivity contribution in [3.05, 3.63) is 59.5 Å². The van der Waals surface area contributed by atoms with Crippen LogP contribution in [-0.4, -0.2) is 35.7 Å². The van der Waals surface area contributed by atoms with Gasteiger partial charge in [-0.05, 0) is 68.0 Å². The predicted octanol–water partition coefficient (Wildman–Crippen LogP) is 4.78. The largest absolute Gasteiger partial charge is 0.355 e. The fourth-order valence-electron chi connectivity index (χ4n) is 3.89. The van der Waals surface area contributed by atoms with E-state index in [9.17, 15) is 4.79 Å². The van der Waals surface area contributed by atoms with Gasteiger partial charge >= 0.3 is 0 Å². The first kappa shape index (κ1) is 19.6. The molecule has 1 amide bonds. The number of hydrogen-bond acceptors (Lipinski definition) is 5. The SMILES string of the molecule is CCN(C(=O)C1CCN(c2ccc(-c3cccs3)nn2)CC1)c1cccc(C)c1. The molecule has 1 aliphatic rings. The Balaban J connectivity index is 1.39. The highest BCUT2D eigenvalue weighted by atomic mass is 32.1. The number of aryl methyl sites for hydroxylation is 1. The van der Waals surface area contributed by atoms with Crippen LogP contribution in [0.25, 0.3) is 10.6 Å². The molecule has 0 unspecified atom stereocenters. The number of benzene rings is 1. The number of rotatable bonds is 5. The third-order valence-electron chi connectivity index (χ3n) is 5.49. The first-order chi connectivity index (χ1) is 14.2. The highest BCUT2D eigenvalue weighted by Gasteiger charge is 2.29. The van der Waals surface area contributed by atoms with Crippen molar-refractivity contribution < 1.29 is 4.79 Å². The van der Waals surface area contributed by atoms with Crippen LogP contribution in [0.4, 0.5) is 11.5 Å². The van der Waals surface area contributed by atoms with E-state index in [2.05, 4.69) is 40.2 Å². The standard InChI is InChI=1S/C23H26N4OS/c1-3-27(19-7-4-6-17(2)16-19)23(28)18-11-13-26(14-12-18)22-10-9-20(24-25-22)21-8-5-15-29-21/h4-10,15-16,18H,3,11-14H2,1-2H3. The topological polar surface area (TPSA) is 49.3 Å². The fraction of sp³-hybridized carbons (Fsp3) is 0.348. The third kappa shape index (κ3) is 4.32. The molecule has 29 heavy (non-hydrogen) atoms. The van der Waals surface area contributed by atoms with Crippen molar-refractivity contribution >= 4 is 28.7 Å². The molecule has 150 valence electrons. The highest BCUT2D eigenvalue weighted by molar-refractivity contribution is 7.13. The normalized spacial score (nSPS) is 14.8. The number of anilines is 2. The van der Waals surface area contributed by atoms with Crippen LogP contribution in [0, 0.1) is 12.8 Å². The van der Waals surface area contributed by atoms with Crippen LogP contribution >= 0.6 is 11.3 Å². The number of aromatic nitrogens is 2. The quantitative estimate of drug-likeness (QED) is 0.612. The van der Waals surface area contributed by atoms with Crippen molar-refractivity contribution in [2.75, 3.05) is 29.4 Å². The van der Waals surface area contributed by atoms with Crippen LogP contribution in [0.15, 0.2) is 53.9 Å². The van der Waals surface area contributed by atoms with Gasteiger partial charge in [0.05, 0.1) is 4.88 Å². The van der Waals surface area contributed by atoms with Gasteiger partial charge in [0.25, 0.3) is 0 Å².